The fourth-order valence-corrected chi connectivity index (χ4v) is 4.72. The first-order valence-electron chi connectivity index (χ1n) is 9.44. The molecule has 2 aliphatic rings. The number of rotatable bonds is 5. The summed E-state index contributed by atoms with van der Waals surface area (Å²) in [5.74, 6) is 1.52. The fraction of sp³-hybridized carbons (Fsp3) is 0.579. The van der Waals surface area contributed by atoms with Crippen molar-refractivity contribution >= 4 is 17.7 Å². The number of piperidine rings is 1. The van der Waals surface area contributed by atoms with E-state index in [9.17, 15) is 4.79 Å². The Hall–Kier alpha value is -1.89. The predicted octanol–water partition coefficient (Wildman–Crippen LogP) is 3.56. The van der Waals surface area contributed by atoms with Gasteiger partial charge in [0, 0.05) is 36.1 Å². The van der Waals surface area contributed by atoms with Crippen molar-refractivity contribution < 1.29 is 4.79 Å². The lowest BCUT2D eigenvalue weighted by atomic mass is 9.98. The second kappa shape index (κ2) is 7.39. The second-order valence-corrected chi connectivity index (χ2v) is 8.30. The van der Waals surface area contributed by atoms with Crippen molar-refractivity contribution in [2.45, 2.75) is 69.2 Å². The van der Waals surface area contributed by atoms with E-state index < -0.39 is 0 Å². The van der Waals surface area contributed by atoms with Crippen LogP contribution < -0.4 is 0 Å². The molecule has 1 aliphatic carbocycles. The van der Waals surface area contributed by atoms with Crippen LogP contribution in [0.4, 0.5) is 0 Å². The number of carbonyl (C=O) groups excluding carboxylic acids is 1. The summed E-state index contributed by atoms with van der Waals surface area (Å²) in [6.45, 7) is 4.32. The number of carbonyl (C=O) groups is 1. The summed E-state index contributed by atoms with van der Waals surface area (Å²) < 4.78 is 2.20. The smallest absolute Gasteiger partial charge is 0.233 e. The predicted molar refractivity (Wildman–Crippen MR) is 102 cm³/mol. The van der Waals surface area contributed by atoms with Gasteiger partial charge in [0.15, 0.2) is 11.0 Å². The lowest BCUT2D eigenvalue weighted by Gasteiger charge is -2.39. The highest BCUT2D eigenvalue weighted by Gasteiger charge is 2.32. The highest BCUT2D eigenvalue weighted by Crippen LogP contribution is 2.41. The molecule has 2 atom stereocenters. The van der Waals surface area contributed by atoms with Crippen LogP contribution in [0.1, 0.15) is 52.0 Å². The second-order valence-electron chi connectivity index (χ2n) is 7.36. The quantitative estimate of drug-likeness (QED) is 0.752. The van der Waals surface area contributed by atoms with Crippen LogP contribution in [0, 0.1) is 0 Å². The zero-order valence-corrected chi connectivity index (χ0v) is 16.2. The summed E-state index contributed by atoms with van der Waals surface area (Å²) in [6.07, 6.45) is 9.27. The summed E-state index contributed by atoms with van der Waals surface area (Å²) >= 11 is 1.52. The van der Waals surface area contributed by atoms with Crippen LogP contribution in [0.15, 0.2) is 29.7 Å². The molecule has 3 heterocycles. The molecule has 1 saturated carbocycles. The van der Waals surface area contributed by atoms with Crippen LogP contribution in [-0.2, 0) is 4.79 Å². The highest BCUT2D eigenvalue weighted by molar-refractivity contribution is 7.99. The zero-order chi connectivity index (χ0) is 18.1. The summed E-state index contributed by atoms with van der Waals surface area (Å²) in [6, 6.07) is 5.04. The minimum Gasteiger partial charge on any atom is -0.337 e. The maximum atomic E-state index is 12.8. The summed E-state index contributed by atoms with van der Waals surface area (Å²) in [5.41, 5.74) is 1.02. The van der Waals surface area contributed by atoms with Gasteiger partial charge in [-0.2, -0.15) is 0 Å². The average Bonchev–Trinajstić information content (AvgIpc) is 3.39. The van der Waals surface area contributed by atoms with Crippen molar-refractivity contribution in [2.24, 2.45) is 0 Å². The van der Waals surface area contributed by atoms with Gasteiger partial charge in [0.05, 0.1) is 5.75 Å². The molecule has 138 valence electrons. The standard InChI is InChI=1S/C19H25N5OS/c1-13-4-3-5-14(2)23(13)17(25)12-26-19-22-21-18(24(19)16-6-7-16)15-8-10-20-11-9-15/h8-11,13-14,16H,3-7,12H2,1-2H3/t13-,14+. The van der Waals surface area contributed by atoms with Crippen molar-refractivity contribution in [3.05, 3.63) is 24.5 Å². The van der Waals surface area contributed by atoms with Crippen LogP contribution in [0.5, 0.6) is 0 Å². The number of amides is 1. The van der Waals surface area contributed by atoms with Gasteiger partial charge in [0.1, 0.15) is 0 Å². The molecule has 26 heavy (non-hydrogen) atoms. The maximum Gasteiger partial charge on any atom is 0.233 e. The van der Waals surface area contributed by atoms with Gasteiger partial charge in [-0.15, -0.1) is 10.2 Å². The number of hydrogen-bond acceptors (Lipinski definition) is 5. The first kappa shape index (κ1) is 17.5. The Morgan fingerprint density at radius 3 is 2.46 bits per heavy atom. The van der Waals surface area contributed by atoms with Crippen molar-refractivity contribution in [3.8, 4) is 11.4 Å². The number of pyridine rings is 1. The lowest BCUT2D eigenvalue weighted by Crippen LogP contribution is -2.48. The van der Waals surface area contributed by atoms with Crippen LogP contribution in [0.3, 0.4) is 0 Å². The van der Waals surface area contributed by atoms with E-state index in [0.717, 1.165) is 42.2 Å². The lowest BCUT2D eigenvalue weighted by molar-refractivity contribution is -0.134. The third kappa shape index (κ3) is 3.49. The van der Waals surface area contributed by atoms with Crippen LogP contribution in [0.25, 0.3) is 11.4 Å². The topological polar surface area (TPSA) is 63.9 Å². The van der Waals surface area contributed by atoms with Gasteiger partial charge in [-0.05, 0) is 58.1 Å². The third-order valence-electron chi connectivity index (χ3n) is 5.32. The Balaban J connectivity index is 1.50. The summed E-state index contributed by atoms with van der Waals surface area (Å²) in [7, 11) is 0. The minimum absolute atomic E-state index is 0.213. The van der Waals surface area contributed by atoms with Crippen LogP contribution >= 0.6 is 11.8 Å². The van der Waals surface area contributed by atoms with E-state index in [-0.39, 0.29) is 5.91 Å². The Bertz CT molecular complexity index is 763. The Labute approximate surface area is 158 Å². The number of thioether (sulfide) groups is 1. The third-order valence-corrected chi connectivity index (χ3v) is 6.25. The number of likely N-dealkylation sites (tertiary alicyclic amines) is 1. The number of aromatic nitrogens is 4. The van der Waals surface area contributed by atoms with Crippen molar-refractivity contribution in [2.75, 3.05) is 5.75 Å². The van der Waals surface area contributed by atoms with Crippen LogP contribution in [-0.4, -0.2) is 48.4 Å². The van der Waals surface area contributed by atoms with E-state index in [0.29, 0.717) is 23.9 Å². The molecular formula is C19H25N5OS. The van der Waals surface area contributed by atoms with E-state index in [4.69, 9.17) is 0 Å². The fourth-order valence-electron chi connectivity index (χ4n) is 3.85. The number of hydrogen-bond donors (Lipinski definition) is 0. The Kier molecular flexibility index (Phi) is 4.98. The molecule has 7 heteroatoms. The monoisotopic (exact) mass is 371 g/mol. The van der Waals surface area contributed by atoms with Gasteiger partial charge in [0.2, 0.25) is 5.91 Å². The molecule has 1 saturated heterocycles. The van der Waals surface area contributed by atoms with Crippen molar-refractivity contribution in [3.63, 3.8) is 0 Å². The molecule has 0 radical (unpaired) electrons. The van der Waals surface area contributed by atoms with Gasteiger partial charge in [0.25, 0.3) is 0 Å². The molecule has 0 aromatic carbocycles. The van der Waals surface area contributed by atoms with Gasteiger partial charge in [-0.1, -0.05) is 11.8 Å². The van der Waals surface area contributed by atoms with E-state index in [1.54, 1.807) is 12.4 Å². The van der Waals surface area contributed by atoms with E-state index in [1.165, 1.54) is 18.2 Å². The molecule has 0 N–H and O–H groups in total. The minimum atomic E-state index is 0.213. The highest BCUT2D eigenvalue weighted by atomic mass is 32.2. The van der Waals surface area contributed by atoms with E-state index in [2.05, 4.69) is 38.5 Å². The molecule has 2 fully saturated rings. The molecule has 4 rings (SSSR count). The Morgan fingerprint density at radius 1 is 1.12 bits per heavy atom. The van der Waals surface area contributed by atoms with Gasteiger partial charge < -0.3 is 4.90 Å². The molecular weight excluding hydrogens is 346 g/mol. The van der Waals surface area contributed by atoms with Gasteiger partial charge >= 0.3 is 0 Å². The maximum absolute atomic E-state index is 12.8. The molecule has 2 aromatic heterocycles. The molecule has 6 nitrogen and oxygen atoms in total. The zero-order valence-electron chi connectivity index (χ0n) is 15.3. The molecule has 1 aliphatic heterocycles. The Morgan fingerprint density at radius 2 is 1.81 bits per heavy atom. The van der Waals surface area contributed by atoms with Crippen LogP contribution in [0.2, 0.25) is 0 Å². The van der Waals surface area contributed by atoms with Crippen molar-refractivity contribution in [1.29, 1.82) is 0 Å². The molecule has 1 amide bonds. The molecule has 0 spiro atoms. The molecule has 0 unspecified atom stereocenters. The molecule has 0 bridgehead atoms. The first-order valence-corrected chi connectivity index (χ1v) is 10.4. The number of nitrogens with zero attached hydrogens (tertiary/aromatic N) is 5. The summed E-state index contributed by atoms with van der Waals surface area (Å²) in [4.78, 5) is 19.0. The normalized spacial score (nSPS) is 23.2. The SMILES string of the molecule is C[C@@H]1CCC[C@H](C)N1C(=O)CSc1nnc(-c2ccncc2)n1C1CC1. The summed E-state index contributed by atoms with van der Waals surface area (Å²) in [5, 5.41) is 9.65. The van der Waals surface area contributed by atoms with Gasteiger partial charge in [-0.25, -0.2) is 0 Å². The van der Waals surface area contributed by atoms with E-state index in [1.807, 2.05) is 12.1 Å². The van der Waals surface area contributed by atoms with Gasteiger partial charge in [-0.3, -0.25) is 14.3 Å². The average molecular weight is 372 g/mol. The molecule has 2 aromatic rings. The van der Waals surface area contributed by atoms with E-state index >= 15 is 0 Å². The first-order chi connectivity index (χ1) is 12.6. The van der Waals surface area contributed by atoms with Crippen molar-refractivity contribution in [1.82, 2.24) is 24.6 Å². The largest absolute Gasteiger partial charge is 0.337 e.